The number of methoxy groups -OCH3 is 1. The minimum Gasteiger partial charge on any atom is -0.388 e. The van der Waals surface area contributed by atoms with Crippen LogP contribution in [0.5, 0.6) is 0 Å². The molecule has 0 rings (SSSR count). The summed E-state index contributed by atoms with van der Waals surface area (Å²) < 4.78 is 9.76. The van der Waals surface area contributed by atoms with Gasteiger partial charge in [-0.1, -0.05) is 0 Å². The summed E-state index contributed by atoms with van der Waals surface area (Å²) in [5.74, 6) is 0. The van der Waals surface area contributed by atoms with E-state index in [0.29, 0.717) is 6.61 Å². The number of aliphatic hydroxyl groups is 1. The summed E-state index contributed by atoms with van der Waals surface area (Å²) in [6, 6.07) is 0. The summed E-state index contributed by atoms with van der Waals surface area (Å²) in [5, 5.41) is 8.89. The van der Waals surface area contributed by atoms with E-state index in [1.54, 1.807) is 6.92 Å². The van der Waals surface area contributed by atoms with E-state index >= 15 is 0 Å². The molecular formula is C6H14O3. The van der Waals surface area contributed by atoms with Crippen molar-refractivity contribution in [2.24, 2.45) is 0 Å². The summed E-state index contributed by atoms with van der Waals surface area (Å²) in [7, 11) is 1.51. The summed E-state index contributed by atoms with van der Waals surface area (Å²) in [6.07, 6.45) is -1.04. The average molecular weight is 134 g/mol. The second-order valence-electron chi connectivity index (χ2n) is 1.80. The van der Waals surface area contributed by atoms with Crippen molar-refractivity contribution in [2.75, 3.05) is 13.7 Å². The standard InChI is InChI=1S/C6H14O3/c1-4-9-6(8-3)5(2)7/h5-7H,4H2,1-3H3/t5-,6-/m0/s1. The molecule has 0 unspecified atom stereocenters. The Morgan fingerprint density at radius 1 is 1.56 bits per heavy atom. The Kier molecular flexibility index (Phi) is 4.67. The first-order chi connectivity index (χ1) is 4.22. The van der Waals surface area contributed by atoms with Crippen LogP contribution in [0.25, 0.3) is 0 Å². The third-order valence-corrected chi connectivity index (χ3v) is 0.957. The summed E-state index contributed by atoms with van der Waals surface area (Å²) in [5.41, 5.74) is 0. The molecule has 9 heavy (non-hydrogen) atoms. The molecule has 2 atom stereocenters. The molecule has 0 amide bonds. The highest BCUT2D eigenvalue weighted by Gasteiger charge is 2.11. The molecule has 0 aromatic heterocycles. The Morgan fingerprint density at radius 3 is 2.22 bits per heavy atom. The molecule has 3 heteroatoms. The van der Waals surface area contributed by atoms with Crippen molar-refractivity contribution in [2.45, 2.75) is 26.2 Å². The highest BCUT2D eigenvalue weighted by molar-refractivity contribution is 4.49. The molecule has 0 aliphatic heterocycles. The van der Waals surface area contributed by atoms with Gasteiger partial charge in [0.1, 0.15) is 6.10 Å². The second kappa shape index (κ2) is 4.73. The van der Waals surface area contributed by atoms with Gasteiger partial charge in [-0.25, -0.2) is 0 Å². The third kappa shape index (κ3) is 3.46. The number of aliphatic hydroxyl groups excluding tert-OH is 1. The van der Waals surface area contributed by atoms with Gasteiger partial charge in [-0.15, -0.1) is 0 Å². The molecule has 0 heterocycles. The zero-order valence-corrected chi connectivity index (χ0v) is 6.13. The lowest BCUT2D eigenvalue weighted by Gasteiger charge is -2.17. The van der Waals surface area contributed by atoms with Gasteiger partial charge < -0.3 is 14.6 Å². The topological polar surface area (TPSA) is 38.7 Å². The molecular weight excluding hydrogens is 120 g/mol. The lowest BCUT2D eigenvalue weighted by molar-refractivity contribution is -0.171. The predicted octanol–water partition coefficient (Wildman–Crippen LogP) is 0.376. The third-order valence-electron chi connectivity index (χ3n) is 0.957. The maximum absolute atomic E-state index is 8.89. The van der Waals surface area contributed by atoms with Crippen LogP contribution in [0.1, 0.15) is 13.8 Å². The van der Waals surface area contributed by atoms with Gasteiger partial charge in [0.15, 0.2) is 6.29 Å². The maximum atomic E-state index is 8.89. The summed E-state index contributed by atoms with van der Waals surface area (Å²) >= 11 is 0. The normalized spacial score (nSPS) is 17.3. The van der Waals surface area contributed by atoms with Gasteiger partial charge in [0.25, 0.3) is 0 Å². The van der Waals surface area contributed by atoms with Crippen molar-refractivity contribution in [3.63, 3.8) is 0 Å². The van der Waals surface area contributed by atoms with Crippen LogP contribution < -0.4 is 0 Å². The van der Waals surface area contributed by atoms with Gasteiger partial charge in [0.05, 0.1) is 0 Å². The largest absolute Gasteiger partial charge is 0.388 e. The van der Waals surface area contributed by atoms with E-state index in [1.165, 1.54) is 7.11 Å². The first-order valence-electron chi connectivity index (χ1n) is 3.04. The molecule has 1 N–H and O–H groups in total. The van der Waals surface area contributed by atoms with Gasteiger partial charge in [0.2, 0.25) is 0 Å². The van der Waals surface area contributed by atoms with Crippen molar-refractivity contribution in [1.29, 1.82) is 0 Å². The maximum Gasteiger partial charge on any atom is 0.182 e. The second-order valence-corrected chi connectivity index (χ2v) is 1.80. The summed E-state index contributed by atoms with van der Waals surface area (Å²) in [4.78, 5) is 0. The number of ether oxygens (including phenoxy) is 2. The fourth-order valence-electron chi connectivity index (χ4n) is 0.569. The quantitative estimate of drug-likeness (QED) is 0.565. The molecule has 0 aromatic rings. The zero-order valence-electron chi connectivity index (χ0n) is 6.13. The molecule has 0 radical (unpaired) electrons. The Hall–Kier alpha value is -0.120. The molecule has 0 saturated carbocycles. The van der Waals surface area contributed by atoms with E-state index in [1.807, 2.05) is 6.92 Å². The van der Waals surface area contributed by atoms with E-state index in [4.69, 9.17) is 14.6 Å². The monoisotopic (exact) mass is 134 g/mol. The minimum absolute atomic E-state index is 0.477. The van der Waals surface area contributed by atoms with E-state index < -0.39 is 12.4 Å². The van der Waals surface area contributed by atoms with Gasteiger partial charge in [0, 0.05) is 13.7 Å². The van der Waals surface area contributed by atoms with Gasteiger partial charge >= 0.3 is 0 Å². The first kappa shape index (κ1) is 8.88. The fraction of sp³-hybridized carbons (Fsp3) is 1.00. The molecule has 0 saturated heterocycles. The van der Waals surface area contributed by atoms with Crippen LogP contribution in [0.4, 0.5) is 0 Å². The predicted molar refractivity (Wildman–Crippen MR) is 34.1 cm³/mol. The Bertz CT molecular complexity index is 63.3. The Labute approximate surface area is 55.6 Å². The first-order valence-corrected chi connectivity index (χ1v) is 3.04. The van der Waals surface area contributed by atoms with Gasteiger partial charge in [-0.3, -0.25) is 0 Å². The zero-order chi connectivity index (χ0) is 7.28. The molecule has 0 spiro atoms. The Morgan fingerprint density at radius 2 is 2.11 bits per heavy atom. The van der Waals surface area contributed by atoms with Crippen LogP contribution in [-0.2, 0) is 9.47 Å². The molecule has 0 fully saturated rings. The van der Waals surface area contributed by atoms with Crippen LogP contribution in [-0.4, -0.2) is 31.2 Å². The van der Waals surface area contributed by atoms with Crippen LogP contribution in [0, 0.1) is 0 Å². The van der Waals surface area contributed by atoms with Gasteiger partial charge in [-0.2, -0.15) is 0 Å². The van der Waals surface area contributed by atoms with Crippen LogP contribution in [0.2, 0.25) is 0 Å². The number of rotatable bonds is 4. The van der Waals surface area contributed by atoms with E-state index in [0.717, 1.165) is 0 Å². The smallest absolute Gasteiger partial charge is 0.182 e. The molecule has 0 aliphatic carbocycles. The van der Waals surface area contributed by atoms with Crippen molar-refractivity contribution in [3.8, 4) is 0 Å². The van der Waals surface area contributed by atoms with E-state index in [2.05, 4.69) is 0 Å². The van der Waals surface area contributed by atoms with Crippen LogP contribution in [0.15, 0.2) is 0 Å². The van der Waals surface area contributed by atoms with Crippen LogP contribution >= 0.6 is 0 Å². The van der Waals surface area contributed by atoms with E-state index in [-0.39, 0.29) is 0 Å². The van der Waals surface area contributed by atoms with Gasteiger partial charge in [-0.05, 0) is 13.8 Å². The highest BCUT2D eigenvalue weighted by Crippen LogP contribution is 1.98. The van der Waals surface area contributed by atoms with E-state index in [9.17, 15) is 0 Å². The number of hydrogen-bond acceptors (Lipinski definition) is 3. The van der Waals surface area contributed by atoms with Crippen molar-refractivity contribution in [1.82, 2.24) is 0 Å². The average Bonchev–Trinajstić information content (AvgIpc) is 1.82. The van der Waals surface area contributed by atoms with Crippen molar-refractivity contribution >= 4 is 0 Å². The SMILES string of the molecule is CCO[C@H](OC)[C@H](C)O. The fourth-order valence-corrected chi connectivity index (χ4v) is 0.569. The highest BCUT2D eigenvalue weighted by atomic mass is 16.7. The molecule has 56 valence electrons. The van der Waals surface area contributed by atoms with Crippen molar-refractivity contribution < 1.29 is 14.6 Å². The lowest BCUT2D eigenvalue weighted by Crippen LogP contribution is -2.27. The molecule has 0 aliphatic rings. The molecule has 0 aromatic carbocycles. The summed E-state index contributed by atoms with van der Waals surface area (Å²) in [6.45, 7) is 4.04. The van der Waals surface area contributed by atoms with Crippen molar-refractivity contribution in [3.05, 3.63) is 0 Å². The lowest BCUT2D eigenvalue weighted by atomic mass is 10.4. The van der Waals surface area contributed by atoms with Crippen LogP contribution in [0.3, 0.4) is 0 Å². The molecule has 3 nitrogen and oxygen atoms in total. The Balaban J connectivity index is 3.41. The number of hydrogen-bond donors (Lipinski definition) is 1. The molecule has 0 bridgehead atoms. The minimum atomic E-state index is -0.560.